The predicted molar refractivity (Wildman–Crippen MR) is 73.6 cm³/mol. The van der Waals surface area contributed by atoms with E-state index in [0.29, 0.717) is 5.56 Å². The molecule has 1 aromatic carbocycles. The lowest BCUT2D eigenvalue weighted by atomic mass is 10.0. The minimum absolute atomic E-state index is 0. The molecule has 4 nitrogen and oxygen atoms in total. The monoisotopic (exact) mass is 347 g/mol. The third-order valence-corrected chi connectivity index (χ3v) is 2.60. The Labute approximate surface area is 130 Å². The van der Waals surface area contributed by atoms with E-state index in [9.17, 15) is 18.0 Å². The van der Waals surface area contributed by atoms with E-state index in [4.69, 9.17) is 22.1 Å². The third-order valence-electron chi connectivity index (χ3n) is 2.30. The lowest BCUT2D eigenvalue weighted by molar-refractivity contribution is -0.274. The van der Waals surface area contributed by atoms with Gasteiger partial charge < -0.3 is 15.2 Å². The third kappa shape index (κ3) is 6.88. The first-order chi connectivity index (χ1) is 9.23. The number of rotatable bonds is 5. The highest BCUT2D eigenvalue weighted by Gasteiger charge is 2.32. The van der Waals surface area contributed by atoms with Crippen LogP contribution in [-0.4, -0.2) is 18.9 Å². The predicted octanol–water partition coefficient (Wildman–Crippen LogP) is 3.61. The molecule has 1 aromatic rings. The smallest absolute Gasteiger partial charge is 0.466 e. The fourth-order valence-corrected chi connectivity index (χ4v) is 1.70. The molecular weight excluding hydrogens is 334 g/mol. The van der Waals surface area contributed by atoms with Gasteiger partial charge in [0.2, 0.25) is 0 Å². The van der Waals surface area contributed by atoms with Crippen molar-refractivity contribution in [2.75, 3.05) is 6.61 Å². The SMILES string of the molecule is CCOC(=O)C[C@@H](N)c1ccc(OC(F)(F)F)c(Cl)c1.Cl. The average molecular weight is 348 g/mol. The maximum Gasteiger partial charge on any atom is 0.573 e. The summed E-state index contributed by atoms with van der Waals surface area (Å²) in [6.07, 6.45) is -4.91. The average Bonchev–Trinajstić information content (AvgIpc) is 2.30. The van der Waals surface area contributed by atoms with Crippen molar-refractivity contribution in [3.63, 3.8) is 0 Å². The topological polar surface area (TPSA) is 61.5 Å². The van der Waals surface area contributed by atoms with E-state index in [1.165, 1.54) is 12.1 Å². The maximum absolute atomic E-state index is 12.1. The van der Waals surface area contributed by atoms with Crippen LogP contribution in [-0.2, 0) is 9.53 Å². The van der Waals surface area contributed by atoms with Crippen molar-refractivity contribution >= 4 is 30.0 Å². The van der Waals surface area contributed by atoms with Crippen LogP contribution in [0.2, 0.25) is 5.02 Å². The summed E-state index contributed by atoms with van der Waals surface area (Å²) in [7, 11) is 0. The summed E-state index contributed by atoms with van der Waals surface area (Å²) in [6, 6.07) is 2.88. The van der Waals surface area contributed by atoms with E-state index >= 15 is 0 Å². The number of carbonyl (C=O) groups excluding carboxylic acids is 1. The number of benzene rings is 1. The number of carbonyl (C=O) groups is 1. The molecule has 0 saturated carbocycles. The van der Waals surface area contributed by atoms with Gasteiger partial charge in [0.05, 0.1) is 18.1 Å². The first-order valence-corrected chi connectivity index (χ1v) is 6.07. The second-order valence-electron chi connectivity index (χ2n) is 3.85. The molecule has 0 aliphatic carbocycles. The number of hydrogen-bond acceptors (Lipinski definition) is 4. The summed E-state index contributed by atoms with van der Waals surface area (Å²) in [5.41, 5.74) is 6.16. The minimum atomic E-state index is -4.82. The van der Waals surface area contributed by atoms with Gasteiger partial charge in [-0.2, -0.15) is 0 Å². The van der Waals surface area contributed by atoms with Crippen molar-refractivity contribution in [1.29, 1.82) is 0 Å². The molecular formula is C12H14Cl2F3NO3. The van der Waals surface area contributed by atoms with Gasteiger partial charge in [0, 0.05) is 6.04 Å². The van der Waals surface area contributed by atoms with E-state index in [1.54, 1.807) is 6.92 Å². The zero-order chi connectivity index (χ0) is 15.3. The number of nitrogens with two attached hydrogens (primary N) is 1. The molecule has 0 spiro atoms. The lowest BCUT2D eigenvalue weighted by Crippen LogP contribution is -2.19. The van der Waals surface area contributed by atoms with E-state index in [0.717, 1.165) is 6.07 Å². The van der Waals surface area contributed by atoms with E-state index in [-0.39, 0.29) is 30.5 Å². The van der Waals surface area contributed by atoms with Crippen molar-refractivity contribution in [3.05, 3.63) is 28.8 Å². The molecule has 0 bridgehead atoms. The molecule has 21 heavy (non-hydrogen) atoms. The molecule has 0 aromatic heterocycles. The van der Waals surface area contributed by atoms with Gasteiger partial charge in [-0.15, -0.1) is 25.6 Å². The van der Waals surface area contributed by atoms with Crippen LogP contribution < -0.4 is 10.5 Å². The van der Waals surface area contributed by atoms with Crippen LogP contribution >= 0.6 is 24.0 Å². The second-order valence-corrected chi connectivity index (χ2v) is 4.26. The quantitative estimate of drug-likeness (QED) is 0.826. The molecule has 0 heterocycles. The van der Waals surface area contributed by atoms with Crippen LogP contribution in [0.1, 0.15) is 24.9 Å². The Morgan fingerprint density at radius 1 is 1.43 bits per heavy atom. The van der Waals surface area contributed by atoms with Crippen molar-refractivity contribution in [3.8, 4) is 5.75 Å². The fraction of sp³-hybridized carbons (Fsp3) is 0.417. The number of esters is 1. The van der Waals surface area contributed by atoms with Gasteiger partial charge in [0.15, 0.2) is 0 Å². The Morgan fingerprint density at radius 2 is 2.05 bits per heavy atom. The maximum atomic E-state index is 12.1. The molecule has 9 heteroatoms. The summed E-state index contributed by atoms with van der Waals surface area (Å²) in [6.45, 7) is 1.88. The van der Waals surface area contributed by atoms with E-state index in [2.05, 4.69) is 4.74 Å². The normalized spacial score (nSPS) is 12.3. The Balaban J connectivity index is 0.00000400. The molecule has 0 saturated heterocycles. The van der Waals surface area contributed by atoms with Crippen LogP contribution in [0.4, 0.5) is 13.2 Å². The van der Waals surface area contributed by atoms with Crippen LogP contribution in [0.25, 0.3) is 0 Å². The summed E-state index contributed by atoms with van der Waals surface area (Å²) in [5, 5.41) is -0.237. The minimum Gasteiger partial charge on any atom is -0.466 e. The van der Waals surface area contributed by atoms with Crippen molar-refractivity contribution in [2.24, 2.45) is 5.73 Å². The first kappa shape index (κ1) is 19.8. The molecule has 0 fully saturated rings. The zero-order valence-corrected chi connectivity index (χ0v) is 12.5. The fourth-order valence-electron chi connectivity index (χ4n) is 1.47. The Hall–Kier alpha value is -1.18. The second kappa shape index (κ2) is 8.31. The van der Waals surface area contributed by atoms with E-state index in [1.807, 2.05) is 0 Å². The molecule has 0 aliphatic heterocycles. The van der Waals surface area contributed by atoms with E-state index < -0.39 is 24.1 Å². The van der Waals surface area contributed by atoms with Crippen LogP contribution in [0.5, 0.6) is 5.75 Å². The number of alkyl halides is 3. The zero-order valence-electron chi connectivity index (χ0n) is 10.9. The highest BCUT2D eigenvalue weighted by atomic mass is 35.5. The molecule has 0 aliphatic rings. The molecule has 1 rings (SSSR count). The van der Waals surface area contributed by atoms with Crippen molar-refractivity contribution < 1.29 is 27.4 Å². The highest BCUT2D eigenvalue weighted by molar-refractivity contribution is 6.32. The largest absolute Gasteiger partial charge is 0.573 e. The lowest BCUT2D eigenvalue weighted by Gasteiger charge is -2.14. The molecule has 0 unspecified atom stereocenters. The Morgan fingerprint density at radius 3 is 2.52 bits per heavy atom. The highest BCUT2D eigenvalue weighted by Crippen LogP contribution is 2.32. The van der Waals surface area contributed by atoms with Gasteiger partial charge in [-0.05, 0) is 24.6 Å². The molecule has 2 N–H and O–H groups in total. The first-order valence-electron chi connectivity index (χ1n) is 5.69. The number of halogens is 5. The summed E-state index contributed by atoms with van der Waals surface area (Å²) in [4.78, 5) is 11.3. The van der Waals surface area contributed by atoms with Gasteiger partial charge in [0.25, 0.3) is 0 Å². The van der Waals surface area contributed by atoms with Gasteiger partial charge >= 0.3 is 12.3 Å². The van der Waals surface area contributed by atoms with Gasteiger partial charge in [-0.3, -0.25) is 4.79 Å². The van der Waals surface area contributed by atoms with Crippen molar-refractivity contribution in [1.82, 2.24) is 0 Å². The van der Waals surface area contributed by atoms with Gasteiger partial charge in [-0.25, -0.2) is 0 Å². The Kier molecular flexibility index (Phi) is 7.84. The summed E-state index contributed by atoms with van der Waals surface area (Å²) < 4.78 is 44.7. The van der Waals surface area contributed by atoms with Crippen LogP contribution in [0.3, 0.4) is 0 Å². The Bertz CT molecular complexity index is 483. The van der Waals surface area contributed by atoms with Crippen LogP contribution in [0.15, 0.2) is 18.2 Å². The summed E-state index contributed by atoms with van der Waals surface area (Å²) in [5.74, 6) is -1.02. The molecule has 1 atom stereocenters. The van der Waals surface area contributed by atoms with Gasteiger partial charge in [0.1, 0.15) is 5.75 Å². The number of ether oxygens (including phenoxy) is 2. The summed E-state index contributed by atoms with van der Waals surface area (Å²) >= 11 is 5.68. The van der Waals surface area contributed by atoms with Crippen molar-refractivity contribution in [2.45, 2.75) is 25.7 Å². The molecule has 120 valence electrons. The number of hydrogen-bond donors (Lipinski definition) is 1. The molecule has 0 radical (unpaired) electrons. The standard InChI is InChI=1S/C12H13ClF3NO3.ClH/c1-2-19-11(18)6-9(17)7-3-4-10(8(13)5-7)20-12(14,15)16;/h3-5,9H,2,6,17H2,1H3;1H/t9-;/m1./s1. The molecule has 0 amide bonds. The van der Waals surface area contributed by atoms with Crippen LogP contribution in [0, 0.1) is 0 Å². The van der Waals surface area contributed by atoms with Gasteiger partial charge in [-0.1, -0.05) is 17.7 Å².